The van der Waals surface area contributed by atoms with Crippen molar-refractivity contribution in [2.75, 3.05) is 7.11 Å². The highest BCUT2D eigenvalue weighted by molar-refractivity contribution is 7.88. The van der Waals surface area contributed by atoms with Crippen molar-refractivity contribution in [3.8, 4) is 0 Å². The van der Waals surface area contributed by atoms with E-state index in [0.29, 0.717) is 0 Å². The number of imidazole rings is 1. The minimum absolute atomic E-state index is 0.0443. The fraction of sp³-hybridized carbons (Fsp3) is 0.250. The standard InChI is InChI=1S/C8H10N4O4S2/c1-16-8(13)11-18(14,15)10-2-6-4-17-7-3-9-5-12(6)7/h3-5,10H,2H2,1H3,(H,11,13). The van der Waals surface area contributed by atoms with E-state index in [-0.39, 0.29) is 6.54 Å². The molecule has 0 aromatic carbocycles. The second kappa shape index (κ2) is 4.92. The first-order valence-electron chi connectivity index (χ1n) is 4.75. The highest BCUT2D eigenvalue weighted by Gasteiger charge is 2.14. The van der Waals surface area contributed by atoms with Crippen molar-refractivity contribution in [3.63, 3.8) is 0 Å². The number of ether oxygens (including phenoxy) is 1. The lowest BCUT2D eigenvalue weighted by Crippen LogP contribution is -2.39. The maximum atomic E-state index is 11.4. The first-order valence-corrected chi connectivity index (χ1v) is 7.12. The van der Waals surface area contributed by atoms with Gasteiger partial charge in [-0.3, -0.25) is 4.40 Å². The van der Waals surface area contributed by atoms with Crippen molar-refractivity contribution in [3.05, 3.63) is 23.6 Å². The maximum Gasteiger partial charge on any atom is 0.421 e. The molecule has 18 heavy (non-hydrogen) atoms. The molecule has 0 saturated carbocycles. The number of fused-ring (bicyclic) bond motifs is 1. The Balaban J connectivity index is 2.04. The van der Waals surface area contributed by atoms with Crippen LogP contribution < -0.4 is 9.44 Å². The third kappa shape index (κ3) is 2.78. The number of carbonyl (C=O) groups excluding carboxylic acids is 1. The zero-order valence-electron chi connectivity index (χ0n) is 9.28. The normalized spacial score (nSPS) is 11.6. The topological polar surface area (TPSA) is 102 Å². The van der Waals surface area contributed by atoms with E-state index in [0.717, 1.165) is 17.6 Å². The summed E-state index contributed by atoms with van der Waals surface area (Å²) in [5.74, 6) is 0. The summed E-state index contributed by atoms with van der Waals surface area (Å²) < 4.78 is 32.7. The molecule has 2 aromatic rings. The number of carbonyl (C=O) groups is 1. The number of amides is 1. The van der Waals surface area contributed by atoms with Crippen LogP contribution >= 0.6 is 11.3 Å². The van der Waals surface area contributed by atoms with Crippen molar-refractivity contribution in [2.24, 2.45) is 0 Å². The van der Waals surface area contributed by atoms with Gasteiger partial charge >= 0.3 is 16.3 Å². The summed E-state index contributed by atoms with van der Waals surface area (Å²) in [4.78, 5) is 15.6. The number of rotatable bonds is 4. The minimum atomic E-state index is -3.92. The van der Waals surface area contributed by atoms with Crippen LogP contribution in [0.4, 0.5) is 4.79 Å². The van der Waals surface area contributed by atoms with E-state index in [9.17, 15) is 13.2 Å². The van der Waals surface area contributed by atoms with E-state index in [2.05, 4.69) is 14.4 Å². The summed E-state index contributed by atoms with van der Waals surface area (Å²) in [6, 6.07) is 0. The van der Waals surface area contributed by atoms with Crippen molar-refractivity contribution in [2.45, 2.75) is 6.54 Å². The molecule has 0 saturated heterocycles. The summed E-state index contributed by atoms with van der Waals surface area (Å²) in [6.45, 7) is 0.0443. The Morgan fingerprint density at radius 3 is 3.11 bits per heavy atom. The maximum absolute atomic E-state index is 11.4. The SMILES string of the molecule is COC(=O)NS(=O)(=O)NCc1csc2cncn12. The van der Waals surface area contributed by atoms with Gasteiger partial charge in [-0.2, -0.15) is 13.1 Å². The largest absolute Gasteiger partial charge is 0.452 e. The lowest BCUT2D eigenvalue weighted by molar-refractivity contribution is 0.177. The summed E-state index contributed by atoms with van der Waals surface area (Å²) in [5, 5.41) is 1.80. The number of aromatic nitrogens is 2. The Bertz CT molecular complexity index is 659. The van der Waals surface area contributed by atoms with E-state index in [1.165, 1.54) is 11.3 Å². The second-order valence-electron chi connectivity index (χ2n) is 3.25. The van der Waals surface area contributed by atoms with E-state index >= 15 is 0 Å². The van der Waals surface area contributed by atoms with Crippen molar-refractivity contribution in [1.82, 2.24) is 18.8 Å². The molecule has 1 amide bonds. The third-order valence-corrected chi connectivity index (χ3v) is 3.97. The molecule has 0 spiro atoms. The van der Waals surface area contributed by atoms with Gasteiger partial charge in [0.1, 0.15) is 11.2 Å². The van der Waals surface area contributed by atoms with Crippen LogP contribution in [0.25, 0.3) is 4.83 Å². The number of nitrogens with zero attached hydrogens (tertiary/aromatic N) is 2. The fourth-order valence-corrected chi connectivity index (χ4v) is 2.82. The molecule has 0 aliphatic carbocycles. The summed E-state index contributed by atoms with van der Waals surface area (Å²) >= 11 is 1.44. The van der Waals surface area contributed by atoms with Crippen LogP contribution in [0.3, 0.4) is 0 Å². The molecular weight excluding hydrogens is 280 g/mol. The lowest BCUT2D eigenvalue weighted by Gasteiger charge is -2.06. The monoisotopic (exact) mass is 290 g/mol. The molecule has 98 valence electrons. The fourth-order valence-electron chi connectivity index (χ4n) is 1.25. The predicted octanol–water partition coefficient (Wildman–Crippen LogP) is 0.0862. The molecule has 0 fully saturated rings. The van der Waals surface area contributed by atoms with Gasteiger partial charge in [-0.25, -0.2) is 14.5 Å². The molecule has 0 radical (unpaired) electrons. The molecule has 0 unspecified atom stereocenters. The zero-order valence-corrected chi connectivity index (χ0v) is 10.9. The molecule has 0 aliphatic rings. The summed E-state index contributed by atoms with van der Waals surface area (Å²) in [6.07, 6.45) is 2.22. The summed E-state index contributed by atoms with van der Waals surface area (Å²) in [7, 11) is -2.84. The first kappa shape index (κ1) is 12.8. The van der Waals surface area contributed by atoms with Crippen molar-refractivity contribution >= 4 is 32.5 Å². The van der Waals surface area contributed by atoms with E-state index < -0.39 is 16.3 Å². The Labute approximate surface area is 107 Å². The van der Waals surface area contributed by atoms with Crippen molar-refractivity contribution in [1.29, 1.82) is 0 Å². The van der Waals surface area contributed by atoms with Crippen LogP contribution in [0, 0.1) is 0 Å². The number of hydrogen-bond acceptors (Lipinski definition) is 6. The first-order chi connectivity index (χ1) is 8.52. The van der Waals surface area contributed by atoms with Crippen LogP contribution in [0.5, 0.6) is 0 Å². The molecule has 2 rings (SSSR count). The Kier molecular flexibility index (Phi) is 3.50. The van der Waals surface area contributed by atoms with Crippen LogP contribution in [0.1, 0.15) is 5.69 Å². The number of thiazole rings is 1. The Morgan fingerprint density at radius 2 is 2.39 bits per heavy atom. The molecule has 0 atom stereocenters. The van der Waals surface area contributed by atoms with Crippen LogP contribution in [0.15, 0.2) is 17.9 Å². The van der Waals surface area contributed by atoms with Gasteiger partial charge in [-0.1, -0.05) is 0 Å². The van der Waals surface area contributed by atoms with Gasteiger partial charge in [0.05, 0.1) is 19.9 Å². The van der Waals surface area contributed by atoms with Gasteiger partial charge in [0, 0.05) is 11.1 Å². The lowest BCUT2D eigenvalue weighted by atomic mass is 10.5. The quantitative estimate of drug-likeness (QED) is 0.830. The second-order valence-corrected chi connectivity index (χ2v) is 5.64. The average Bonchev–Trinajstić information content (AvgIpc) is 2.88. The molecule has 0 bridgehead atoms. The minimum Gasteiger partial charge on any atom is -0.452 e. The third-order valence-electron chi connectivity index (χ3n) is 2.08. The number of methoxy groups -OCH3 is 1. The van der Waals surface area contributed by atoms with E-state index in [1.807, 2.05) is 0 Å². The molecular formula is C8H10N4O4S2. The molecule has 2 heterocycles. The molecule has 2 N–H and O–H groups in total. The zero-order chi connectivity index (χ0) is 13.2. The van der Waals surface area contributed by atoms with Gasteiger partial charge in [-0.15, -0.1) is 11.3 Å². The molecule has 2 aromatic heterocycles. The van der Waals surface area contributed by atoms with Gasteiger partial charge < -0.3 is 4.74 Å². The van der Waals surface area contributed by atoms with Gasteiger partial charge in [-0.05, 0) is 0 Å². The smallest absolute Gasteiger partial charge is 0.421 e. The predicted molar refractivity (Wildman–Crippen MR) is 64.4 cm³/mol. The van der Waals surface area contributed by atoms with E-state index in [4.69, 9.17) is 0 Å². The van der Waals surface area contributed by atoms with Crippen LogP contribution in [-0.2, 0) is 21.5 Å². The molecule has 0 aliphatic heterocycles. The molecule has 10 heteroatoms. The van der Waals surface area contributed by atoms with Gasteiger partial charge in [0.15, 0.2) is 0 Å². The number of nitrogens with one attached hydrogen (secondary N) is 2. The van der Waals surface area contributed by atoms with Crippen LogP contribution in [-0.4, -0.2) is 31.0 Å². The van der Waals surface area contributed by atoms with E-state index in [1.54, 1.807) is 27.0 Å². The number of hydrogen-bond donors (Lipinski definition) is 2. The highest BCUT2D eigenvalue weighted by Crippen LogP contribution is 2.15. The Hall–Kier alpha value is -1.65. The van der Waals surface area contributed by atoms with Gasteiger partial charge in [0.25, 0.3) is 0 Å². The summed E-state index contributed by atoms with van der Waals surface area (Å²) in [5.41, 5.74) is 0.725. The van der Waals surface area contributed by atoms with Crippen LogP contribution in [0.2, 0.25) is 0 Å². The average molecular weight is 290 g/mol. The highest BCUT2D eigenvalue weighted by atomic mass is 32.2. The van der Waals surface area contributed by atoms with Crippen molar-refractivity contribution < 1.29 is 17.9 Å². The molecule has 8 nitrogen and oxygen atoms in total. The van der Waals surface area contributed by atoms with Gasteiger partial charge in [0.2, 0.25) is 0 Å². The Morgan fingerprint density at radius 1 is 1.61 bits per heavy atom.